The molecule has 2 N–H and O–H groups in total. The van der Waals surface area contributed by atoms with Crippen molar-refractivity contribution in [3.63, 3.8) is 0 Å². The van der Waals surface area contributed by atoms with Crippen LogP contribution in [0.2, 0.25) is 0 Å². The first-order valence-corrected chi connectivity index (χ1v) is 8.15. The topological polar surface area (TPSA) is 63.2 Å². The maximum atomic E-state index is 13.6. The molecule has 3 rings (SSSR count). The molecule has 0 aliphatic rings. The molecule has 0 unspecified atom stereocenters. The van der Waals surface area contributed by atoms with Crippen molar-refractivity contribution in [2.45, 2.75) is 6.54 Å². The number of anilines is 2. The third kappa shape index (κ3) is 4.58. The van der Waals surface area contributed by atoms with Crippen molar-refractivity contribution in [3.8, 4) is 5.75 Å². The number of halogens is 2. The highest BCUT2D eigenvalue weighted by Gasteiger charge is 2.11. The summed E-state index contributed by atoms with van der Waals surface area (Å²) in [5.41, 5.74) is 1.12. The van der Waals surface area contributed by atoms with E-state index in [0.29, 0.717) is 18.4 Å². The second-order valence-corrected chi connectivity index (χ2v) is 5.68. The Morgan fingerprint density at radius 3 is 2.63 bits per heavy atom. The number of rotatable bonds is 6. The molecule has 7 heteroatoms. The van der Waals surface area contributed by atoms with Gasteiger partial charge in [0.25, 0.3) is 5.91 Å². The quantitative estimate of drug-likeness (QED) is 0.682. The van der Waals surface area contributed by atoms with E-state index in [1.54, 1.807) is 19.2 Å². The fourth-order valence-electron chi connectivity index (χ4n) is 2.45. The van der Waals surface area contributed by atoms with Gasteiger partial charge in [0, 0.05) is 24.4 Å². The SMILES string of the molecule is COc1ccccc1CNc1ccc(C(=O)Nc2ccc(F)cc2F)cn1. The van der Waals surface area contributed by atoms with Gasteiger partial charge in [-0.3, -0.25) is 4.79 Å². The lowest BCUT2D eigenvalue weighted by Gasteiger charge is -2.10. The summed E-state index contributed by atoms with van der Waals surface area (Å²) in [4.78, 5) is 16.4. The molecule has 0 atom stereocenters. The van der Waals surface area contributed by atoms with Gasteiger partial charge in [0.05, 0.1) is 18.4 Å². The van der Waals surface area contributed by atoms with Gasteiger partial charge < -0.3 is 15.4 Å². The van der Waals surface area contributed by atoms with Crippen LogP contribution >= 0.6 is 0 Å². The number of carbonyl (C=O) groups excluding carboxylic acids is 1. The van der Waals surface area contributed by atoms with E-state index in [0.717, 1.165) is 17.4 Å². The van der Waals surface area contributed by atoms with Crippen LogP contribution in [0.1, 0.15) is 15.9 Å². The number of benzene rings is 2. The number of amides is 1. The summed E-state index contributed by atoms with van der Waals surface area (Å²) in [5.74, 6) is -0.749. The van der Waals surface area contributed by atoms with Crippen LogP contribution < -0.4 is 15.4 Å². The van der Waals surface area contributed by atoms with Crippen molar-refractivity contribution >= 4 is 17.4 Å². The molecule has 1 heterocycles. The van der Waals surface area contributed by atoms with Gasteiger partial charge in [-0.15, -0.1) is 0 Å². The molecule has 27 heavy (non-hydrogen) atoms. The first-order valence-electron chi connectivity index (χ1n) is 8.15. The van der Waals surface area contributed by atoms with Gasteiger partial charge in [-0.2, -0.15) is 0 Å². The number of hydrogen-bond donors (Lipinski definition) is 2. The molecule has 0 aliphatic heterocycles. The van der Waals surface area contributed by atoms with Gasteiger partial charge in [0.15, 0.2) is 0 Å². The largest absolute Gasteiger partial charge is 0.496 e. The Labute approximate surface area is 155 Å². The van der Waals surface area contributed by atoms with Crippen molar-refractivity contribution in [1.82, 2.24) is 4.98 Å². The lowest BCUT2D eigenvalue weighted by molar-refractivity contribution is 0.102. The Kier molecular flexibility index (Phi) is 5.61. The average Bonchev–Trinajstić information content (AvgIpc) is 2.69. The molecule has 5 nitrogen and oxygen atoms in total. The van der Waals surface area contributed by atoms with Crippen molar-refractivity contribution in [2.24, 2.45) is 0 Å². The molecular weight excluding hydrogens is 352 g/mol. The van der Waals surface area contributed by atoms with Crippen LogP contribution in [0.5, 0.6) is 5.75 Å². The number of aromatic nitrogens is 1. The molecule has 0 spiro atoms. The van der Waals surface area contributed by atoms with E-state index in [4.69, 9.17) is 4.74 Å². The lowest BCUT2D eigenvalue weighted by atomic mass is 10.2. The number of methoxy groups -OCH3 is 1. The fourth-order valence-corrected chi connectivity index (χ4v) is 2.45. The monoisotopic (exact) mass is 369 g/mol. The van der Waals surface area contributed by atoms with E-state index in [-0.39, 0.29) is 11.3 Å². The second kappa shape index (κ2) is 8.27. The van der Waals surface area contributed by atoms with E-state index in [2.05, 4.69) is 15.6 Å². The van der Waals surface area contributed by atoms with Gasteiger partial charge >= 0.3 is 0 Å². The minimum Gasteiger partial charge on any atom is -0.496 e. The van der Waals surface area contributed by atoms with Crippen LogP contribution in [0.15, 0.2) is 60.8 Å². The highest BCUT2D eigenvalue weighted by atomic mass is 19.1. The van der Waals surface area contributed by atoms with E-state index < -0.39 is 17.5 Å². The number of nitrogens with zero attached hydrogens (tertiary/aromatic N) is 1. The number of ether oxygens (including phenoxy) is 1. The van der Waals surface area contributed by atoms with Crippen LogP contribution in [-0.2, 0) is 6.54 Å². The number of carbonyl (C=O) groups is 1. The molecule has 138 valence electrons. The summed E-state index contributed by atoms with van der Waals surface area (Å²) in [6.07, 6.45) is 1.38. The van der Waals surface area contributed by atoms with Gasteiger partial charge in [-0.25, -0.2) is 13.8 Å². The molecule has 3 aromatic rings. The Bertz CT molecular complexity index is 946. The van der Waals surface area contributed by atoms with E-state index in [1.165, 1.54) is 12.3 Å². The molecule has 1 amide bonds. The molecule has 1 aromatic heterocycles. The summed E-state index contributed by atoms with van der Waals surface area (Å²) in [5, 5.41) is 5.53. The number of para-hydroxylation sites is 1. The third-order valence-electron chi connectivity index (χ3n) is 3.86. The summed E-state index contributed by atoms with van der Waals surface area (Å²) in [6, 6.07) is 13.8. The minimum absolute atomic E-state index is 0.0974. The summed E-state index contributed by atoms with van der Waals surface area (Å²) >= 11 is 0. The number of nitrogens with one attached hydrogen (secondary N) is 2. The standard InChI is InChI=1S/C20H17F2N3O2/c1-27-18-5-3-2-4-13(18)11-23-19-9-6-14(12-24-19)20(26)25-17-8-7-15(21)10-16(17)22/h2-10,12H,11H2,1H3,(H,23,24)(H,25,26). The molecule has 0 bridgehead atoms. The fraction of sp³-hybridized carbons (Fsp3) is 0.100. The van der Waals surface area contributed by atoms with E-state index in [9.17, 15) is 13.6 Å². The van der Waals surface area contributed by atoms with Crippen molar-refractivity contribution in [2.75, 3.05) is 17.7 Å². The minimum atomic E-state index is -0.841. The summed E-state index contributed by atoms with van der Waals surface area (Å²) in [6.45, 7) is 0.503. The zero-order chi connectivity index (χ0) is 19.2. The average molecular weight is 369 g/mol. The van der Waals surface area contributed by atoms with Crippen LogP contribution in [0.4, 0.5) is 20.3 Å². The molecule has 2 aromatic carbocycles. The van der Waals surface area contributed by atoms with Gasteiger partial charge in [-0.05, 0) is 30.3 Å². The maximum Gasteiger partial charge on any atom is 0.257 e. The number of hydrogen-bond acceptors (Lipinski definition) is 4. The zero-order valence-corrected chi connectivity index (χ0v) is 14.5. The zero-order valence-electron chi connectivity index (χ0n) is 14.5. The summed E-state index contributed by atoms with van der Waals surface area (Å²) < 4.78 is 31.8. The van der Waals surface area contributed by atoms with Crippen molar-refractivity contribution in [1.29, 1.82) is 0 Å². The highest BCUT2D eigenvalue weighted by Crippen LogP contribution is 2.19. The first-order chi connectivity index (χ1) is 13.1. The lowest BCUT2D eigenvalue weighted by Crippen LogP contribution is -2.13. The molecule has 0 saturated carbocycles. The predicted octanol–water partition coefficient (Wildman–Crippen LogP) is 4.23. The van der Waals surface area contributed by atoms with Gasteiger partial charge in [0.1, 0.15) is 23.2 Å². The molecule has 0 aliphatic carbocycles. The Morgan fingerprint density at radius 2 is 1.93 bits per heavy atom. The van der Waals surface area contributed by atoms with Crippen LogP contribution in [0.25, 0.3) is 0 Å². The number of pyridine rings is 1. The van der Waals surface area contributed by atoms with Crippen molar-refractivity contribution < 1.29 is 18.3 Å². The van der Waals surface area contributed by atoms with Gasteiger partial charge in [-0.1, -0.05) is 18.2 Å². The predicted molar refractivity (Wildman–Crippen MR) is 98.9 cm³/mol. The Hall–Kier alpha value is -3.48. The van der Waals surface area contributed by atoms with Crippen molar-refractivity contribution in [3.05, 3.63) is 83.6 Å². The molecule has 0 saturated heterocycles. The summed E-state index contributed by atoms with van der Waals surface area (Å²) in [7, 11) is 1.61. The highest BCUT2D eigenvalue weighted by molar-refractivity contribution is 6.04. The first kappa shape index (κ1) is 18.3. The van der Waals surface area contributed by atoms with E-state index in [1.807, 2.05) is 24.3 Å². The van der Waals surface area contributed by atoms with E-state index >= 15 is 0 Å². The van der Waals surface area contributed by atoms with Gasteiger partial charge in [0.2, 0.25) is 0 Å². The van der Waals surface area contributed by atoms with Crippen LogP contribution in [-0.4, -0.2) is 18.0 Å². The molecular formula is C20H17F2N3O2. The smallest absolute Gasteiger partial charge is 0.257 e. The molecule has 0 radical (unpaired) electrons. The third-order valence-corrected chi connectivity index (χ3v) is 3.86. The Balaban J connectivity index is 1.63. The van der Waals surface area contributed by atoms with Crippen LogP contribution in [0, 0.1) is 11.6 Å². The second-order valence-electron chi connectivity index (χ2n) is 5.68. The molecule has 0 fully saturated rings. The maximum absolute atomic E-state index is 13.6. The normalized spacial score (nSPS) is 10.3. The van der Waals surface area contributed by atoms with Crippen LogP contribution in [0.3, 0.4) is 0 Å². The Morgan fingerprint density at radius 1 is 1.11 bits per heavy atom.